The maximum Gasteiger partial charge on any atom is 0.251 e. The summed E-state index contributed by atoms with van der Waals surface area (Å²) in [6.45, 7) is 1.82. The van der Waals surface area contributed by atoms with Crippen LogP contribution in [0.5, 0.6) is 5.75 Å². The van der Waals surface area contributed by atoms with E-state index in [2.05, 4.69) is 5.32 Å². The molecule has 0 saturated heterocycles. The third-order valence-corrected chi connectivity index (χ3v) is 2.16. The van der Waals surface area contributed by atoms with E-state index < -0.39 is 0 Å². The summed E-state index contributed by atoms with van der Waals surface area (Å²) in [6, 6.07) is 6.04. The summed E-state index contributed by atoms with van der Waals surface area (Å²) in [7, 11) is 0. The van der Waals surface area contributed by atoms with Gasteiger partial charge >= 0.3 is 0 Å². The van der Waals surface area contributed by atoms with Crippen molar-refractivity contribution in [3.8, 4) is 5.75 Å². The van der Waals surface area contributed by atoms with Crippen molar-refractivity contribution in [3.63, 3.8) is 0 Å². The second-order valence-electron chi connectivity index (χ2n) is 3.60. The molecule has 0 bridgehead atoms. The van der Waals surface area contributed by atoms with E-state index in [1.165, 1.54) is 12.1 Å². The summed E-state index contributed by atoms with van der Waals surface area (Å²) in [4.78, 5) is 12.0. The third-order valence-electron chi connectivity index (χ3n) is 1.99. The molecule has 16 heavy (non-hydrogen) atoms. The summed E-state index contributed by atoms with van der Waals surface area (Å²) in [5.74, 6) is -0.186. The molecule has 4 N–H and O–H groups in total. The van der Waals surface area contributed by atoms with Crippen molar-refractivity contribution in [2.45, 2.75) is 19.4 Å². The highest BCUT2D eigenvalue weighted by Crippen LogP contribution is 2.10. The lowest BCUT2D eigenvalue weighted by atomic mass is 10.1. The minimum atomic E-state index is -0.250. The first-order valence-electron chi connectivity index (χ1n) is 4.87. The van der Waals surface area contributed by atoms with E-state index in [1.54, 1.807) is 12.1 Å². The number of nitrogens with one attached hydrogen (secondary N) is 1. The van der Waals surface area contributed by atoms with Crippen molar-refractivity contribution >= 4 is 23.1 Å². The van der Waals surface area contributed by atoms with E-state index in [0.717, 1.165) is 0 Å². The number of thiocarbonyl (C=S) groups is 1. The summed E-state index contributed by atoms with van der Waals surface area (Å²) < 4.78 is 0. The first-order valence-corrected chi connectivity index (χ1v) is 5.28. The number of aromatic hydroxyl groups is 1. The summed E-state index contributed by atoms with van der Waals surface area (Å²) >= 11 is 4.75. The van der Waals surface area contributed by atoms with Crippen molar-refractivity contribution in [3.05, 3.63) is 29.8 Å². The number of phenols is 1. The van der Waals surface area contributed by atoms with Gasteiger partial charge in [-0.25, -0.2) is 0 Å². The SMILES string of the molecule is CC(CC(N)=S)NC(=O)c1cccc(O)c1. The molecule has 0 spiro atoms. The molecule has 0 aromatic heterocycles. The molecule has 0 saturated carbocycles. The molecule has 1 rings (SSSR count). The average molecular weight is 238 g/mol. The molecule has 0 aliphatic rings. The highest BCUT2D eigenvalue weighted by Gasteiger charge is 2.10. The lowest BCUT2D eigenvalue weighted by Crippen LogP contribution is -2.35. The molecule has 1 aromatic rings. The number of hydrogen-bond donors (Lipinski definition) is 3. The van der Waals surface area contributed by atoms with Crippen LogP contribution in [0.15, 0.2) is 24.3 Å². The molecule has 4 nitrogen and oxygen atoms in total. The molecule has 1 unspecified atom stereocenters. The molecule has 0 radical (unpaired) electrons. The zero-order chi connectivity index (χ0) is 12.1. The van der Waals surface area contributed by atoms with Crippen molar-refractivity contribution in [1.82, 2.24) is 5.32 Å². The molecule has 86 valence electrons. The molecule has 5 heteroatoms. The monoisotopic (exact) mass is 238 g/mol. The number of benzene rings is 1. The normalized spacial score (nSPS) is 11.8. The fourth-order valence-corrected chi connectivity index (χ4v) is 1.56. The summed E-state index contributed by atoms with van der Waals surface area (Å²) in [5.41, 5.74) is 5.78. The predicted molar refractivity (Wildman–Crippen MR) is 66.4 cm³/mol. The van der Waals surface area contributed by atoms with Crippen LogP contribution in [-0.2, 0) is 0 Å². The van der Waals surface area contributed by atoms with Crippen molar-refractivity contribution in [2.75, 3.05) is 0 Å². The van der Waals surface area contributed by atoms with E-state index in [-0.39, 0.29) is 17.7 Å². The highest BCUT2D eigenvalue weighted by atomic mass is 32.1. The number of phenolic OH excluding ortho intramolecular Hbond substituents is 1. The number of rotatable bonds is 4. The van der Waals surface area contributed by atoms with Gasteiger partial charge in [0.2, 0.25) is 0 Å². The van der Waals surface area contributed by atoms with Crippen LogP contribution in [0, 0.1) is 0 Å². The van der Waals surface area contributed by atoms with E-state index in [9.17, 15) is 9.90 Å². The van der Waals surface area contributed by atoms with Gasteiger partial charge in [-0.2, -0.15) is 0 Å². The zero-order valence-corrected chi connectivity index (χ0v) is 9.75. The van der Waals surface area contributed by atoms with E-state index >= 15 is 0 Å². The molecule has 1 atom stereocenters. The van der Waals surface area contributed by atoms with Crippen LogP contribution in [0.25, 0.3) is 0 Å². The Morgan fingerprint density at radius 1 is 1.62 bits per heavy atom. The fourth-order valence-electron chi connectivity index (χ4n) is 1.31. The van der Waals surface area contributed by atoms with Gasteiger partial charge in [0, 0.05) is 18.0 Å². The zero-order valence-electron chi connectivity index (χ0n) is 8.93. The van der Waals surface area contributed by atoms with Crippen molar-refractivity contribution in [2.24, 2.45) is 5.73 Å². The van der Waals surface area contributed by atoms with Crippen LogP contribution in [0.3, 0.4) is 0 Å². The molecule has 0 aliphatic carbocycles. The Bertz CT molecular complexity index is 407. The van der Waals surface area contributed by atoms with Gasteiger partial charge in [0.05, 0.1) is 4.99 Å². The van der Waals surface area contributed by atoms with E-state index in [0.29, 0.717) is 17.0 Å². The molecule has 1 aromatic carbocycles. The number of nitrogens with two attached hydrogens (primary N) is 1. The van der Waals surface area contributed by atoms with Crippen LogP contribution in [0.2, 0.25) is 0 Å². The van der Waals surface area contributed by atoms with Crippen LogP contribution in [0.1, 0.15) is 23.7 Å². The molecular weight excluding hydrogens is 224 g/mol. The van der Waals surface area contributed by atoms with Crippen LogP contribution >= 0.6 is 12.2 Å². The predicted octanol–water partition coefficient (Wildman–Crippen LogP) is 1.19. The average Bonchev–Trinajstić information content (AvgIpc) is 2.16. The van der Waals surface area contributed by atoms with Crippen LogP contribution < -0.4 is 11.1 Å². The number of carbonyl (C=O) groups is 1. The quantitative estimate of drug-likeness (QED) is 0.689. The smallest absolute Gasteiger partial charge is 0.251 e. The Balaban J connectivity index is 2.62. The topological polar surface area (TPSA) is 75.3 Å². The van der Waals surface area contributed by atoms with Gasteiger partial charge in [-0.15, -0.1) is 0 Å². The Kier molecular flexibility index (Phi) is 4.25. The molecule has 1 amide bonds. The Labute approximate surface area is 99.5 Å². The Hall–Kier alpha value is -1.62. The number of hydrogen-bond acceptors (Lipinski definition) is 3. The summed E-state index contributed by atoms with van der Waals surface area (Å²) in [5, 5.41) is 12.0. The highest BCUT2D eigenvalue weighted by molar-refractivity contribution is 7.80. The standard InChI is InChI=1S/C11H14N2O2S/c1-7(5-10(12)16)13-11(15)8-3-2-4-9(14)6-8/h2-4,6-7,14H,5H2,1H3,(H2,12,16)(H,13,15). The van der Waals surface area contributed by atoms with Gasteiger partial charge in [-0.1, -0.05) is 18.3 Å². The van der Waals surface area contributed by atoms with Gasteiger partial charge in [0.25, 0.3) is 5.91 Å². The van der Waals surface area contributed by atoms with Gasteiger partial charge in [0.1, 0.15) is 5.75 Å². The molecular formula is C11H14N2O2S. The van der Waals surface area contributed by atoms with Crippen LogP contribution in [-0.4, -0.2) is 22.0 Å². The number of amides is 1. The Morgan fingerprint density at radius 2 is 2.31 bits per heavy atom. The lowest BCUT2D eigenvalue weighted by molar-refractivity contribution is 0.0941. The second-order valence-corrected chi connectivity index (χ2v) is 4.12. The molecule has 0 aliphatic heterocycles. The first kappa shape index (κ1) is 12.4. The molecule has 0 heterocycles. The van der Waals surface area contributed by atoms with Crippen molar-refractivity contribution in [1.29, 1.82) is 0 Å². The second kappa shape index (κ2) is 5.46. The summed E-state index contributed by atoms with van der Waals surface area (Å²) in [6.07, 6.45) is 0.458. The third kappa shape index (κ3) is 3.86. The van der Waals surface area contributed by atoms with E-state index in [1.807, 2.05) is 6.92 Å². The van der Waals surface area contributed by atoms with Crippen LogP contribution in [0.4, 0.5) is 0 Å². The fraction of sp³-hybridized carbons (Fsp3) is 0.273. The maximum absolute atomic E-state index is 11.7. The van der Waals surface area contributed by atoms with Gasteiger partial charge in [-0.05, 0) is 25.1 Å². The number of carbonyl (C=O) groups excluding carboxylic acids is 1. The van der Waals surface area contributed by atoms with Gasteiger partial charge < -0.3 is 16.2 Å². The molecule has 0 fully saturated rings. The lowest BCUT2D eigenvalue weighted by Gasteiger charge is -2.12. The Morgan fingerprint density at radius 3 is 2.88 bits per heavy atom. The largest absolute Gasteiger partial charge is 0.508 e. The van der Waals surface area contributed by atoms with Gasteiger partial charge in [0.15, 0.2) is 0 Å². The minimum absolute atomic E-state index is 0.0645. The first-order chi connectivity index (χ1) is 7.49. The van der Waals surface area contributed by atoms with Crippen molar-refractivity contribution < 1.29 is 9.90 Å². The van der Waals surface area contributed by atoms with E-state index in [4.69, 9.17) is 18.0 Å². The maximum atomic E-state index is 11.7. The minimum Gasteiger partial charge on any atom is -0.508 e. The van der Waals surface area contributed by atoms with Gasteiger partial charge in [-0.3, -0.25) is 4.79 Å².